The molecule has 0 radical (unpaired) electrons. The van der Waals surface area contributed by atoms with Crippen molar-refractivity contribution in [3.05, 3.63) is 59.7 Å². The molecular formula is C20H25ClN2O2. The second kappa shape index (κ2) is 8.88. The molecule has 0 aliphatic heterocycles. The molecule has 1 aliphatic carbocycles. The van der Waals surface area contributed by atoms with Crippen LogP contribution in [0.1, 0.15) is 30.4 Å². The molecule has 1 aliphatic rings. The molecule has 1 saturated carbocycles. The van der Waals surface area contributed by atoms with E-state index >= 15 is 0 Å². The minimum absolute atomic E-state index is 0. The molecule has 3 rings (SSSR count). The van der Waals surface area contributed by atoms with Crippen LogP contribution >= 0.6 is 12.4 Å². The van der Waals surface area contributed by atoms with Gasteiger partial charge in [0.1, 0.15) is 12.4 Å². The van der Waals surface area contributed by atoms with Gasteiger partial charge in [-0.05, 0) is 49.4 Å². The third kappa shape index (κ3) is 5.21. The predicted octanol–water partition coefficient (Wildman–Crippen LogP) is 4.06. The van der Waals surface area contributed by atoms with Gasteiger partial charge in [0.25, 0.3) is 0 Å². The number of carbonyl (C=O) groups excluding carboxylic acids is 1. The molecule has 134 valence electrons. The first kappa shape index (κ1) is 19.3. The van der Waals surface area contributed by atoms with Gasteiger partial charge in [-0.2, -0.15) is 0 Å². The quantitative estimate of drug-likeness (QED) is 0.845. The van der Waals surface area contributed by atoms with Crippen LogP contribution in [0.25, 0.3) is 0 Å². The van der Waals surface area contributed by atoms with Crippen molar-refractivity contribution in [3.8, 4) is 5.75 Å². The van der Waals surface area contributed by atoms with Crippen molar-refractivity contribution >= 4 is 24.0 Å². The van der Waals surface area contributed by atoms with Crippen molar-refractivity contribution < 1.29 is 9.53 Å². The van der Waals surface area contributed by atoms with Gasteiger partial charge in [-0.25, -0.2) is 0 Å². The second-order valence-corrected chi connectivity index (χ2v) is 6.50. The smallest absolute Gasteiger partial charge is 0.227 e. The molecule has 4 nitrogen and oxygen atoms in total. The molecule has 2 aromatic rings. The lowest BCUT2D eigenvalue weighted by atomic mass is 10.1. The van der Waals surface area contributed by atoms with Gasteiger partial charge >= 0.3 is 0 Å². The van der Waals surface area contributed by atoms with Gasteiger partial charge in [0.15, 0.2) is 0 Å². The standard InChI is InChI=1S/C20H24N2O2.ClH/c1-14-5-2-3-6-16(14)13-24-19-8-4-7-18(12-19)22-20(23)15-9-10-17(21)11-15;/h2-8,12,15,17H,9-11,13,21H2,1H3,(H,22,23);1H. The summed E-state index contributed by atoms with van der Waals surface area (Å²) >= 11 is 0. The number of aryl methyl sites for hydroxylation is 1. The number of ether oxygens (including phenoxy) is 1. The van der Waals surface area contributed by atoms with Gasteiger partial charge in [-0.3, -0.25) is 4.79 Å². The number of halogens is 1. The molecule has 5 heteroatoms. The highest BCUT2D eigenvalue weighted by Gasteiger charge is 2.27. The minimum Gasteiger partial charge on any atom is -0.489 e. The zero-order valence-corrected chi connectivity index (χ0v) is 15.2. The van der Waals surface area contributed by atoms with Crippen molar-refractivity contribution in [3.63, 3.8) is 0 Å². The summed E-state index contributed by atoms with van der Waals surface area (Å²) in [6.07, 6.45) is 2.57. The molecule has 2 unspecified atom stereocenters. The fourth-order valence-corrected chi connectivity index (χ4v) is 3.10. The normalized spacial score (nSPS) is 19.1. The van der Waals surface area contributed by atoms with E-state index in [2.05, 4.69) is 24.4 Å². The number of rotatable bonds is 5. The summed E-state index contributed by atoms with van der Waals surface area (Å²) in [4.78, 5) is 12.3. The summed E-state index contributed by atoms with van der Waals surface area (Å²) in [6, 6.07) is 15.9. The molecule has 0 aromatic heterocycles. The largest absolute Gasteiger partial charge is 0.489 e. The monoisotopic (exact) mass is 360 g/mol. The van der Waals surface area contributed by atoms with Crippen molar-refractivity contribution in [1.29, 1.82) is 0 Å². The summed E-state index contributed by atoms with van der Waals surface area (Å²) in [5, 5.41) is 2.98. The maximum atomic E-state index is 12.3. The van der Waals surface area contributed by atoms with E-state index in [1.807, 2.05) is 36.4 Å². The molecule has 3 N–H and O–H groups in total. The molecule has 0 heterocycles. The zero-order chi connectivity index (χ0) is 16.9. The topological polar surface area (TPSA) is 64.3 Å². The van der Waals surface area contributed by atoms with E-state index < -0.39 is 0 Å². The van der Waals surface area contributed by atoms with Crippen LogP contribution in [-0.2, 0) is 11.4 Å². The number of nitrogens with two attached hydrogens (primary N) is 1. The molecule has 2 aromatic carbocycles. The van der Waals surface area contributed by atoms with E-state index in [0.717, 1.165) is 36.3 Å². The van der Waals surface area contributed by atoms with Crippen molar-refractivity contribution in [2.75, 3.05) is 5.32 Å². The molecular weight excluding hydrogens is 336 g/mol. The Balaban J connectivity index is 0.00000225. The average Bonchev–Trinajstić information content (AvgIpc) is 3.01. The lowest BCUT2D eigenvalue weighted by molar-refractivity contribution is -0.119. The SMILES string of the molecule is Cc1ccccc1COc1cccc(NC(=O)C2CCC(N)C2)c1.Cl. The molecule has 1 amide bonds. The highest BCUT2D eigenvalue weighted by Crippen LogP contribution is 2.26. The molecule has 1 fully saturated rings. The Morgan fingerprint density at radius 3 is 2.72 bits per heavy atom. The Kier molecular flexibility index (Phi) is 6.85. The molecule has 0 spiro atoms. The fourth-order valence-electron chi connectivity index (χ4n) is 3.10. The molecule has 0 saturated heterocycles. The van der Waals surface area contributed by atoms with Gasteiger partial charge in [0.05, 0.1) is 0 Å². The maximum Gasteiger partial charge on any atom is 0.227 e. The van der Waals surface area contributed by atoms with Crippen LogP contribution in [0, 0.1) is 12.8 Å². The van der Waals surface area contributed by atoms with Crippen molar-refractivity contribution in [2.24, 2.45) is 11.7 Å². The number of anilines is 1. The first-order chi connectivity index (χ1) is 11.6. The van der Waals surface area contributed by atoms with Crippen LogP contribution in [0.5, 0.6) is 5.75 Å². The van der Waals surface area contributed by atoms with E-state index in [1.165, 1.54) is 5.56 Å². The Hall–Kier alpha value is -2.04. The van der Waals surface area contributed by atoms with E-state index in [9.17, 15) is 4.79 Å². The Morgan fingerprint density at radius 1 is 1.20 bits per heavy atom. The van der Waals surface area contributed by atoms with Gasteiger partial charge in [-0.15, -0.1) is 12.4 Å². The van der Waals surface area contributed by atoms with E-state index in [-0.39, 0.29) is 30.3 Å². The van der Waals surface area contributed by atoms with Crippen LogP contribution < -0.4 is 15.8 Å². The first-order valence-electron chi connectivity index (χ1n) is 8.45. The summed E-state index contributed by atoms with van der Waals surface area (Å²) < 4.78 is 5.87. The highest BCUT2D eigenvalue weighted by molar-refractivity contribution is 5.92. The molecule has 0 bridgehead atoms. The maximum absolute atomic E-state index is 12.3. The summed E-state index contributed by atoms with van der Waals surface area (Å²) in [7, 11) is 0. The van der Waals surface area contributed by atoms with Gasteiger partial charge in [-0.1, -0.05) is 30.3 Å². The number of nitrogens with one attached hydrogen (secondary N) is 1. The summed E-state index contributed by atoms with van der Waals surface area (Å²) in [6.45, 7) is 2.59. The van der Waals surface area contributed by atoms with Gasteiger partial charge in [0, 0.05) is 23.7 Å². The van der Waals surface area contributed by atoms with Gasteiger partial charge < -0.3 is 15.8 Å². The second-order valence-electron chi connectivity index (χ2n) is 6.50. The first-order valence-corrected chi connectivity index (χ1v) is 8.45. The Labute approximate surface area is 155 Å². The molecule has 25 heavy (non-hydrogen) atoms. The van der Waals surface area contributed by atoms with E-state index in [4.69, 9.17) is 10.5 Å². The van der Waals surface area contributed by atoms with E-state index in [0.29, 0.717) is 6.61 Å². The lowest BCUT2D eigenvalue weighted by Crippen LogP contribution is -2.23. The highest BCUT2D eigenvalue weighted by atomic mass is 35.5. The van der Waals surface area contributed by atoms with Crippen molar-refractivity contribution in [2.45, 2.75) is 38.8 Å². The third-order valence-corrected chi connectivity index (χ3v) is 4.60. The van der Waals surface area contributed by atoms with Crippen LogP contribution in [0.2, 0.25) is 0 Å². The van der Waals surface area contributed by atoms with E-state index in [1.54, 1.807) is 0 Å². The number of carbonyl (C=O) groups is 1. The van der Waals surface area contributed by atoms with Crippen molar-refractivity contribution in [1.82, 2.24) is 0 Å². The third-order valence-electron chi connectivity index (χ3n) is 4.60. The number of hydrogen-bond donors (Lipinski definition) is 2. The fraction of sp³-hybridized carbons (Fsp3) is 0.350. The summed E-state index contributed by atoms with van der Waals surface area (Å²) in [5.74, 6) is 0.828. The predicted molar refractivity (Wildman–Crippen MR) is 103 cm³/mol. The average molecular weight is 361 g/mol. The van der Waals surface area contributed by atoms with Gasteiger partial charge in [0.2, 0.25) is 5.91 Å². The van der Waals surface area contributed by atoms with Crippen LogP contribution in [0.15, 0.2) is 48.5 Å². The zero-order valence-electron chi connectivity index (χ0n) is 14.4. The Morgan fingerprint density at radius 2 is 2.00 bits per heavy atom. The summed E-state index contributed by atoms with van der Waals surface area (Å²) in [5.41, 5.74) is 9.02. The van der Waals surface area contributed by atoms with Crippen LogP contribution in [-0.4, -0.2) is 11.9 Å². The Bertz CT molecular complexity index is 720. The number of hydrogen-bond acceptors (Lipinski definition) is 3. The lowest BCUT2D eigenvalue weighted by Gasteiger charge is -2.13. The van der Waals surface area contributed by atoms with Crippen LogP contribution in [0.3, 0.4) is 0 Å². The minimum atomic E-state index is 0. The van der Waals surface area contributed by atoms with Crippen LogP contribution in [0.4, 0.5) is 5.69 Å². The number of benzene rings is 2. The molecule has 2 atom stereocenters. The number of amides is 1.